The van der Waals surface area contributed by atoms with Gasteiger partial charge in [0, 0.05) is 21.5 Å². The molecule has 4 N–H and O–H groups in total. The van der Waals surface area contributed by atoms with Crippen molar-refractivity contribution in [3.8, 4) is 0 Å². The van der Waals surface area contributed by atoms with Gasteiger partial charge in [0.25, 0.3) is 0 Å². The van der Waals surface area contributed by atoms with Crippen molar-refractivity contribution in [2.45, 2.75) is 82.2 Å². The van der Waals surface area contributed by atoms with E-state index < -0.39 is 5.97 Å². The van der Waals surface area contributed by atoms with Gasteiger partial charge in [-0.3, -0.25) is 19.2 Å². The molecule has 4 aromatic carbocycles. The van der Waals surface area contributed by atoms with E-state index in [9.17, 15) is 24.3 Å². The second-order valence-electron chi connectivity index (χ2n) is 14.9. The number of hydrogen-bond acceptors (Lipinski definition) is 8. The number of carboxylic acid groups (broad SMARTS) is 1. The van der Waals surface area contributed by atoms with E-state index in [4.69, 9.17) is 27.9 Å². The van der Waals surface area contributed by atoms with Gasteiger partial charge in [0.05, 0.1) is 48.5 Å². The van der Waals surface area contributed by atoms with E-state index in [0.717, 1.165) is 21.5 Å². The monoisotopic (exact) mass is 848 g/mol. The zero-order valence-corrected chi connectivity index (χ0v) is 36.9. The van der Waals surface area contributed by atoms with Gasteiger partial charge in [-0.15, -0.1) is 23.5 Å². The van der Waals surface area contributed by atoms with Crippen LogP contribution in [-0.4, -0.2) is 56.3 Å². The van der Waals surface area contributed by atoms with Gasteiger partial charge in [-0.05, 0) is 89.9 Å². The van der Waals surface area contributed by atoms with Gasteiger partial charge >= 0.3 is 30.8 Å². The summed E-state index contributed by atoms with van der Waals surface area (Å²) in [5, 5.41) is 12.7. The number of pyridine rings is 2. The number of rotatable bonds is 7. The fraction of sp³-hybridized carbons (Fsp3) is 0.333. The Morgan fingerprint density at radius 2 is 1.05 bits per heavy atom. The number of nitrogens with zero attached hydrogens (tertiary/aromatic N) is 2. The summed E-state index contributed by atoms with van der Waals surface area (Å²) in [5.74, 6) is -1.31. The number of aromatic nitrogens is 2. The quantitative estimate of drug-likeness (QED) is 0.0838. The second-order valence-corrected chi connectivity index (χ2v) is 17.4. The third kappa shape index (κ3) is 10.1. The number of carbonyl (C=O) groups is 2. The Morgan fingerprint density at radius 3 is 1.39 bits per heavy atom. The molecule has 0 radical (unpaired) electrons. The van der Waals surface area contributed by atoms with Crippen LogP contribution in [0, 0.1) is 0 Å². The average Bonchev–Trinajstić information content (AvgIpc) is 3.10. The predicted molar refractivity (Wildman–Crippen MR) is 232 cm³/mol. The minimum Gasteiger partial charge on any atom is -0.870 e. The van der Waals surface area contributed by atoms with Gasteiger partial charge in [-0.2, -0.15) is 0 Å². The summed E-state index contributed by atoms with van der Waals surface area (Å²) < 4.78 is 8.77. The average molecular weight is 850 g/mol. The summed E-state index contributed by atoms with van der Waals surface area (Å²) in [6, 6.07) is 18.3. The largest absolute Gasteiger partial charge is 1.00 e. The molecule has 0 atom stereocenters. The summed E-state index contributed by atoms with van der Waals surface area (Å²) in [6.45, 7) is 14.5. The number of fused-ring (bicyclic) bond motifs is 4. The van der Waals surface area contributed by atoms with Gasteiger partial charge in [-0.25, -0.2) is 0 Å². The Balaban J connectivity index is 0.000000375. The fourth-order valence-corrected chi connectivity index (χ4v) is 8.66. The van der Waals surface area contributed by atoms with E-state index in [0.29, 0.717) is 59.6 Å². The van der Waals surface area contributed by atoms with Crippen molar-refractivity contribution in [1.82, 2.24) is 9.13 Å². The van der Waals surface area contributed by atoms with Crippen LogP contribution in [0.3, 0.4) is 0 Å². The van der Waals surface area contributed by atoms with Crippen LogP contribution in [-0.2, 0) is 38.2 Å². The van der Waals surface area contributed by atoms with Crippen LogP contribution in [0.15, 0.2) is 80.0 Å². The van der Waals surface area contributed by atoms with Crippen molar-refractivity contribution in [3.05, 3.63) is 102 Å². The van der Waals surface area contributed by atoms with Gasteiger partial charge in [0.2, 0.25) is 0 Å². The van der Waals surface area contributed by atoms with Crippen LogP contribution in [0.4, 0.5) is 0 Å². The molecular formula is C42H47Cl2LiN2O8S2. The molecule has 0 spiro atoms. The molecule has 0 saturated carbocycles. The number of benzene rings is 4. The predicted octanol–water partition coefficient (Wildman–Crippen LogP) is 6.31. The molecule has 0 bridgehead atoms. The van der Waals surface area contributed by atoms with E-state index in [1.807, 2.05) is 47.4 Å². The van der Waals surface area contributed by atoms with Crippen molar-refractivity contribution >= 4 is 102 Å². The normalized spacial score (nSPS) is 11.4. The van der Waals surface area contributed by atoms with Crippen molar-refractivity contribution < 1.29 is 49.2 Å². The molecule has 6 rings (SSSR count). The van der Waals surface area contributed by atoms with Gasteiger partial charge in [0.15, 0.2) is 10.9 Å². The molecule has 300 valence electrons. The second kappa shape index (κ2) is 19.5. The first-order valence-corrected chi connectivity index (χ1v) is 20.6. The van der Waals surface area contributed by atoms with Crippen LogP contribution in [0.2, 0.25) is 10.0 Å². The zero-order chi connectivity index (χ0) is 39.9. The summed E-state index contributed by atoms with van der Waals surface area (Å²) in [7, 11) is 0. The molecule has 2 heterocycles. The summed E-state index contributed by atoms with van der Waals surface area (Å²) >= 11 is 15.6. The molecule has 0 amide bonds. The maximum Gasteiger partial charge on any atom is 1.00 e. The molecule has 0 unspecified atom stereocenters. The van der Waals surface area contributed by atoms with Crippen LogP contribution < -0.4 is 29.7 Å². The molecule has 0 aliphatic carbocycles. The first kappa shape index (κ1) is 49.7. The summed E-state index contributed by atoms with van der Waals surface area (Å²) in [6.07, 6.45) is 3.78. The van der Waals surface area contributed by atoms with Crippen LogP contribution >= 0.6 is 46.7 Å². The van der Waals surface area contributed by atoms with Crippen molar-refractivity contribution in [2.24, 2.45) is 0 Å². The standard InChI is InChI=1S/C22H24ClNO3S.C20H20ClNO3S.Li.2H2O/c1-6-27-18(25)12-24-17-11-13(22(2,3)4)7-8-14(17)20(26)15-9-10-16(23)21(28-5)19(15)24;1-20(2,3)11-5-6-12-15(9-11)22(10-16(23)24)17-13(18(12)25)7-8-14(21)19(17)26-4;;;/h7-11H,6,12H2,1-5H3;5-9H,10H2,1-4H3,(H,23,24);;2*1H2/q;;+1;;/p-1. The van der Waals surface area contributed by atoms with E-state index in [-0.39, 0.29) is 70.6 Å². The summed E-state index contributed by atoms with van der Waals surface area (Å²) in [4.78, 5) is 51.7. The molecule has 57 heavy (non-hydrogen) atoms. The molecule has 0 saturated heterocycles. The molecule has 0 aliphatic heterocycles. The Bertz CT molecular complexity index is 2600. The number of carbonyl (C=O) groups excluding carboxylic acids is 1. The molecule has 15 heteroatoms. The Labute approximate surface area is 362 Å². The third-order valence-corrected chi connectivity index (χ3v) is 11.8. The topological polar surface area (TPSA) is 169 Å². The zero-order valence-electron chi connectivity index (χ0n) is 33.8. The Morgan fingerprint density at radius 1 is 0.684 bits per heavy atom. The van der Waals surface area contributed by atoms with E-state index in [1.165, 1.54) is 23.5 Å². The maximum absolute atomic E-state index is 13.2. The van der Waals surface area contributed by atoms with Crippen LogP contribution in [0.5, 0.6) is 0 Å². The smallest absolute Gasteiger partial charge is 0.870 e. The van der Waals surface area contributed by atoms with E-state index in [2.05, 4.69) is 41.5 Å². The number of halogens is 2. The fourth-order valence-electron chi connectivity index (χ4n) is 6.54. The molecule has 10 nitrogen and oxygen atoms in total. The number of aliphatic carboxylic acids is 1. The van der Waals surface area contributed by atoms with Crippen LogP contribution in [0.1, 0.15) is 59.6 Å². The van der Waals surface area contributed by atoms with Crippen molar-refractivity contribution in [1.29, 1.82) is 0 Å². The maximum atomic E-state index is 13.2. The number of esters is 1. The Kier molecular flexibility index (Phi) is 17.0. The number of hydrogen-bond donors (Lipinski definition) is 1. The Hall–Kier alpha value is -3.44. The molecule has 0 aliphatic rings. The minimum atomic E-state index is -0.968. The molecule has 0 fully saturated rings. The first-order valence-electron chi connectivity index (χ1n) is 17.4. The number of ether oxygens (including phenoxy) is 1. The minimum absolute atomic E-state index is 0. The van der Waals surface area contributed by atoms with Crippen molar-refractivity contribution in [3.63, 3.8) is 0 Å². The molecular weight excluding hydrogens is 802 g/mol. The van der Waals surface area contributed by atoms with E-state index in [1.54, 1.807) is 41.8 Å². The van der Waals surface area contributed by atoms with Gasteiger partial charge in [-0.1, -0.05) is 76.9 Å². The van der Waals surface area contributed by atoms with Gasteiger partial charge < -0.3 is 29.9 Å². The first-order chi connectivity index (χ1) is 25.3. The number of thioether (sulfide) groups is 2. The number of carboxylic acids is 1. The SMILES string of the molecule is CCOC(=O)Cn1c2cc(C(C)(C)C)ccc2c(=O)c2ccc(Cl)c(SC)c21.CSc1c(Cl)ccc2c(=O)c3ccc(C(C)(C)C)cc3n(CC(=O)O)c12.O.[Li+].[OH-]. The molecule has 6 aromatic rings. The van der Waals surface area contributed by atoms with Gasteiger partial charge in [0.1, 0.15) is 13.1 Å². The summed E-state index contributed by atoms with van der Waals surface area (Å²) in [5.41, 5.74) is 4.34. The third-order valence-electron chi connectivity index (χ3n) is 9.29. The van der Waals surface area contributed by atoms with Crippen molar-refractivity contribution in [2.75, 3.05) is 19.1 Å². The van der Waals surface area contributed by atoms with Crippen LogP contribution in [0.25, 0.3) is 43.6 Å². The van der Waals surface area contributed by atoms with E-state index >= 15 is 0 Å². The molecule has 2 aromatic heterocycles.